The SMILES string of the molecule is O=C(Nc1ncc(C(NCCN2CCCC2)c2ccccc2Cl)s1)C1(c2ccc3c(c2)OCO3)CC1. The number of rotatable bonds is 9. The zero-order chi connectivity index (χ0) is 24.5. The largest absolute Gasteiger partial charge is 0.454 e. The van der Waals surface area contributed by atoms with E-state index in [-0.39, 0.29) is 18.7 Å². The van der Waals surface area contributed by atoms with Gasteiger partial charge in [-0.3, -0.25) is 4.79 Å². The van der Waals surface area contributed by atoms with Gasteiger partial charge in [0.15, 0.2) is 16.6 Å². The molecule has 2 N–H and O–H groups in total. The standard InChI is InChI=1S/C27H29ClN4O3S/c28-20-6-2-1-5-19(20)24(29-11-14-32-12-3-4-13-32)23-16-30-26(36-23)31-25(33)27(9-10-27)18-7-8-21-22(15-18)35-17-34-21/h1-2,5-8,15-16,24,29H,3-4,9-14,17H2,(H,30,31,33). The van der Waals surface area contributed by atoms with E-state index in [1.807, 2.05) is 48.7 Å². The molecule has 1 atom stereocenters. The van der Waals surface area contributed by atoms with Crippen LogP contribution in [0.15, 0.2) is 48.7 Å². The first kappa shape index (κ1) is 23.7. The zero-order valence-corrected chi connectivity index (χ0v) is 21.5. The molecule has 1 aliphatic carbocycles. The zero-order valence-electron chi connectivity index (χ0n) is 20.0. The summed E-state index contributed by atoms with van der Waals surface area (Å²) in [5.74, 6) is 1.40. The van der Waals surface area contributed by atoms with Gasteiger partial charge >= 0.3 is 0 Å². The monoisotopic (exact) mass is 524 g/mol. The predicted octanol–water partition coefficient (Wildman–Crippen LogP) is 4.97. The molecular weight excluding hydrogens is 496 g/mol. The molecule has 0 spiro atoms. The second-order valence-corrected chi connectivity index (χ2v) is 11.1. The second-order valence-electron chi connectivity index (χ2n) is 9.63. The number of hydrogen-bond donors (Lipinski definition) is 2. The first-order valence-corrected chi connectivity index (χ1v) is 13.7. The number of benzene rings is 2. The molecule has 36 heavy (non-hydrogen) atoms. The summed E-state index contributed by atoms with van der Waals surface area (Å²) in [6.45, 7) is 4.41. The molecule has 0 bridgehead atoms. The third-order valence-electron chi connectivity index (χ3n) is 7.33. The number of hydrogen-bond acceptors (Lipinski definition) is 7. The fraction of sp³-hybridized carbons (Fsp3) is 0.407. The summed E-state index contributed by atoms with van der Waals surface area (Å²) in [6.07, 6.45) is 6.00. The molecular formula is C27H29ClN4O3S. The Bertz CT molecular complexity index is 1260. The number of fused-ring (bicyclic) bond motifs is 1. The minimum atomic E-state index is -0.539. The van der Waals surface area contributed by atoms with Crippen molar-refractivity contribution in [3.8, 4) is 11.5 Å². The van der Waals surface area contributed by atoms with Gasteiger partial charge in [0, 0.05) is 29.2 Å². The van der Waals surface area contributed by atoms with E-state index in [0.29, 0.717) is 10.9 Å². The second kappa shape index (κ2) is 10.0. The lowest BCUT2D eigenvalue weighted by molar-refractivity contribution is -0.118. The summed E-state index contributed by atoms with van der Waals surface area (Å²) in [7, 11) is 0. The van der Waals surface area contributed by atoms with Gasteiger partial charge in [-0.15, -0.1) is 0 Å². The number of amides is 1. The maximum atomic E-state index is 13.4. The molecule has 3 heterocycles. The number of halogens is 1. The number of carbonyl (C=O) groups excluding carboxylic acids is 1. The van der Waals surface area contributed by atoms with Crippen molar-refractivity contribution in [2.75, 3.05) is 38.3 Å². The average Bonchev–Trinajstić information content (AvgIpc) is 3.24. The minimum absolute atomic E-state index is 0.0291. The number of ether oxygens (including phenoxy) is 2. The van der Waals surface area contributed by atoms with Crippen LogP contribution >= 0.6 is 22.9 Å². The van der Waals surface area contributed by atoms with E-state index in [4.69, 9.17) is 21.1 Å². The molecule has 7 nitrogen and oxygen atoms in total. The van der Waals surface area contributed by atoms with Crippen LogP contribution in [0.3, 0.4) is 0 Å². The highest BCUT2D eigenvalue weighted by molar-refractivity contribution is 7.15. The number of aromatic nitrogens is 1. The lowest BCUT2D eigenvalue weighted by atomic mass is 9.94. The van der Waals surface area contributed by atoms with E-state index in [9.17, 15) is 4.79 Å². The summed E-state index contributed by atoms with van der Waals surface area (Å²) in [4.78, 5) is 21.4. The number of carbonyl (C=O) groups is 1. The summed E-state index contributed by atoms with van der Waals surface area (Å²) in [6, 6.07) is 13.6. The Hall–Kier alpha value is -2.65. The summed E-state index contributed by atoms with van der Waals surface area (Å²) in [5.41, 5.74) is 1.43. The quantitative estimate of drug-likeness (QED) is 0.411. The van der Waals surface area contributed by atoms with E-state index >= 15 is 0 Å². The molecule has 2 aliphatic heterocycles. The molecule has 1 saturated carbocycles. The summed E-state index contributed by atoms with van der Waals surface area (Å²) >= 11 is 8.08. The third kappa shape index (κ3) is 4.70. The lowest BCUT2D eigenvalue weighted by Gasteiger charge is -2.21. The van der Waals surface area contributed by atoms with E-state index in [2.05, 4.69) is 20.5 Å². The van der Waals surface area contributed by atoms with Crippen molar-refractivity contribution < 1.29 is 14.3 Å². The molecule has 6 rings (SSSR count). The fourth-order valence-electron chi connectivity index (χ4n) is 5.11. The van der Waals surface area contributed by atoms with Crippen LogP contribution in [-0.2, 0) is 10.2 Å². The lowest BCUT2D eigenvalue weighted by Crippen LogP contribution is -2.32. The Balaban J connectivity index is 1.18. The van der Waals surface area contributed by atoms with Gasteiger partial charge in [0.05, 0.1) is 11.5 Å². The molecule has 1 unspecified atom stereocenters. The Morgan fingerprint density at radius 2 is 1.94 bits per heavy atom. The minimum Gasteiger partial charge on any atom is -0.454 e. The molecule has 0 radical (unpaired) electrons. The maximum absolute atomic E-state index is 13.4. The van der Waals surface area contributed by atoms with Crippen LogP contribution in [0.2, 0.25) is 5.02 Å². The normalized spacial score (nSPS) is 18.8. The van der Waals surface area contributed by atoms with E-state index in [1.54, 1.807) is 0 Å². The van der Waals surface area contributed by atoms with Crippen LogP contribution in [0.1, 0.15) is 47.7 Å². The molecule has 1 saturated heterocycles. The highest BCUT2D eigenvalue weighted by atomic mass is 35.5. The summed E-state index contributed by atoms with van der Waals surface area (Å²) in [5, 5.41) is 8.08. The van der Waals surface area contributed by atoms with Crippen LogP contribution in [0.25, 0.3) is 0 Å². The maximum Gasteiger partial charge on any atom is 0.236 e. The molecule has 1 amide bonds. The van der Waals surface area contributed by atoms with Crippen molar-refractivity contribution in [1.29, 1.82) is 0 Å². The molecule has 1 aromatic heterocycles. The van der Waals surface area contributed by atoms with Gasteiger partial charge in [0.1, 0.15) is 0 Å². The number of anilines is 1. The number of nitrogens with one attached hydrogen (secondary N) is 2. The molecule has 2 fully saturated rings. The first-order chi connectivity index (χ1) is 17.6. The van der Waals surface area contributed by atoms with Gasteiger partial charge in [-0.25, -0.2) is 4.98 Å². The third-order valence-corrected chi connectivity index (χ3v) is 8.65. The van der Waals surface area contributed by atoms with Crippen LogP contribution in [0, 0.1) is 0 Å². The van der Waals surface area contributed by atoms with Gasteiger partial charge in [0.25, 0.3) is 0 Å². The van der Waals surface area contributed by atoms with Crippen molar-refractivity contribution in [3.05, 3.63) is 69.7 Å². The molecule has 188 valence electrons. The van der Waals surface area contributed by atoms with Crippen molar-refractivity contribution in [2.45, 2.75) is 37.1 Å². The van der Waals surface area contributed by atoms with E-state index in [1.165, 1.54) is 37.3 Å². The van der Waals surface area contributed by atoms with Crippen molar-refractivity contribution in [2.24, 2.45) is 0 Å². The Kier molecular flexibility index (Phi) is 6.60. The van der Waals surface area contributed by atoms with Crippen LogP contribution in [0.4, 0.5) is 5.13 Å². The molecule has 3 aliphatic rings. The van der Waals surface area contributed by atoms with Crippen LogP contribution in [0.5, 0.6) is 11.5 Å². The van der Waals surface area contributed by atoms with Crippen molar-refractivity contribution >= 4 is 34.0 Å². The predicted molar refractivity (Wildman–Crippen MR) is 141 cm³/mol. The average molecular weight is 525 g/mol. The Morgan fingerprint density at radius 1 is 1.14 bits per heavy atom. The van der Waals surface area contributed by atoms with Crippen LogP contribution < -0.4 is 20.1 Å². The van der Waals surface area contributed by atoms with Gasteiger partial charge in [-0.2, -0.15) is 0 Å². The number of likely N-dealkylation sites (tertiary alicyclic amines) is 1. The number of thiazole rings is 1. The fourth-order valence-corrected chi connectivity index (χ4v) is 6.26. The van der Waals surface area contributed by atoms with Gasteiger partial charge in [-0.1, -0.05) is 47.2 Å². The first-order valence-electron chi connectivity index (χ1n) is 12.5. The highest BCUT2D eigenvalue weighted by Gasteiger charge is 2.52. The van der Waals surface area contributed by atoms with E-state index < -0.39 is 5.41 Å². The Morgan fingerprint density at radius 3 is 2.75 bits per heavy atom. The topological polar surface area (TPSA) is 75.7 Å². The number of nitrogens with zero attached hydrogens (tertiary/aromatic N) is 2. The van der Waals surface area contributed by atoms with Gasteiger partial charge < -0.3 is 25.0 Å². The van der Waals surface area contributed by atoms with Gasteiger partial charge in [-0.05, 0) is 68.1 Å². The molecule has 2 aromatic carbocycles. The molecule has 9 heteroatoms. The van der Waals surface area contributed by atoms with Crippen molar-refractivity contribution in [1.82, 2.24) is 15.2 Å². The molecule has 3 aromatic rings. The van der Waals surface area contributed by atoms with Crippen molar-refractivity contribution in [3.63, 3.8) is 0 Å². The smallest absolute Gasteiger partial charge is 0.236 e. The van der Waals surface area contributed by atoms with Gasteiger partial charge in [0.2, 0.25) is 12.7 Å². The highest BCUT2D eigenvalue weighted by Crippen LogP contribution is 2.51. The van der Waals surface area contributed by atoms with E-state index in [0.717, 1.165) is 52.7 Å². The Labute approximate surface area is 219 Å². The summed E-state index contributed by atoms with van der Waals surface area (Å²) < 4.78 is 10.9. The van der Waals surface area contributed by atoms with Crippen LogP contribution in [-0.4, -0.2) is 48.8 Å².